The third-order valence-electron chi connectivity index (χ3n) is 0.539. The minimum Gasteiger partial charge on any atom is -0.481 e. The summed E-state index contributed by atoms with van der Waals surface area (Å²) in [6.45, 7) is 0. The Bertz CT molecular complexity index is 30.0. The van der Waals surface area contributed by atoms with Gasteiger partial charge in [-0.1, -0.05) is 0 Å². The average Bonchev–Trinajstić information content (AvgIpc) is 1.75. The van der Waals surface area contributed by atoms with Gasteiger partial charge in [0.2, 0.25) is 0 Å². The van der Waals surface area contributed by atoms with Gasteiger partial charge in [0.15, 0.2) is 0 Å². The topological polar surface area (TPSA) is 26.0 Å². The average molecular weight is 132 g/mol. The standard InChI is InChI=1S/C3H6N.ClH.K/c4-3-1-2-3;;/h1-2,4H2;1H;/q-1;;+1. The third-order valence-corrected chi connectivity index (χ3v) is 0.539. The van der Waals surface area contributed by atoms with Crippen molar-refractivity contribution in [3.05, 3.63) is 6.04 Å². The van der Waals surface area contributed by atoms with Crippen LogP contribution < -0.4 is 57.1 Å². The second kappa shape index (κ2) is 5.03. The van der Waals surface area contributed by atoms with Gasteiger partial charge in [0.05, 0.1) is 0 Å². The molecule has 3 heteroatoms. The molecule has 1 aliphatic carbocycles. The van der Waals surface area contributed by atoms with Crippen molar-refractivity contribution >= 4 is 12.4 Å². The van der Waals surface area contributed by atoms with Crippen molar-refractivity contribution in [2.24, 2.45) is 5.73 Å². The second-order valence-electron chi connectivity index (χ2n) is 1.16. The summed E-state index contributed by atoms with van der Waals surface area (Å²) >= 11 is 0. The zero-order chi connectivity index (χ0) is 2.99. The number of halogens is 1. The predicted molar refractivity (Wildman–Crippen MR) is 23.9 cm³/mol. The molecule has 0 aliphatic heterocycles. The molecule has 32 valence electrons. The van der Waals surface area contributed by atoms with E-state index in [1.54, 1.807) is 0 Å². The molecule has 0 spiro atoms. The van der Waals surface area contributed by atoms with Crippen LogP contribution in [0.1, 0.15) is 12.8 Å². The first-order chi connectivity index (χ1) is 1.89. The molecule has 0 aromatic heterocycles. The summed E-state index contributed by atoms with van der Waals surface area (Å²) in [5.74, 6) is 0. The summed E-state index contributed by atoms with van der Waals surface area (Å²) in [7, 11) is 0. The van der Waals surface area contributed by atoms with Crippen LogP contribution in [0.5, 0.6) is 0 Å². The summed E-state index contributed by atoms with van der Waals surface area (Å²) in [5, 5.41) is 0. The first-order valence-electron chi connectivity index (χ1n) is 1.50. The minimum absolute atomic E-state index is 0. The van der Waals surface area contributed by atoms with E-state index in [0.29, 0.717) is 0 Å². The molecule has 0 saturated heterocycles. The van der Waals surface area contributed by atoms with Crippen molar-refractivity contribution in [1.82, 2.24) is 0 Å². The van der Waals surface area contributed by atoms with Gasteiger partial charge in [-0.3, -0.25) is 6.04 Å². The SMILES string of the molecule is Cl.N[C-]1CC1.[K+]. The van der Waals surface area contributed by atoms with Crippen LogP contribution >= 0.6 is 12.4 Å². The fourth-order valence-corrected chi connectivity index (χ4v) is 0.0722. The summed E-state index contributed by atoms with van der Waals surface area (Å²) in [4.78, 5) is 0. The zero-order valence-corrected chi connectivity index (χ0v) is 7.84. The van der Waals surface area contributed by atoms with Crippen LogP contribution in [0.4, 0.5) is 0 Å². The van der Waals surface area contributed by atoms with E-state index in [1.807, 2.05) is 0 Å². The van der Waals surface area contributed by atoms with Crippen molar-refractivity contribution in [1.29, 1.82) is 0 Å². The van der Waals surface area contributed by atoms with Crippen LogP contribution in [-0.4, -0.2) is 0 Å². The van der Waals surface area contributed by atoms with Gasteiger partial charge < -0.3 is 5.73 Å². The van der Waals surface area contributed by atoms with Crippen molar-refractivity contribution < 1.29 is 51.4 Å². The number of nitrogens with two attached hydrogens (primary N) is 1. The van der Waals surface area contributed by atoms with E-state index in [4.69, 9.17) is 5.73 Å². The number of hydrogen-bond acceptors (Lipinski definition) is 1. The third kappa shape index (κ3) is 5.89. The van der Waals surface area contributed by atoms with E-state index in [9.17, 15) is 0 Å². The molecule has 0 atom stereocenters. The van der Waals surface area contributed by atoms with Gasteiger partial charge in [0.25, 0.3) is 0 Å². The Labute approximate surface area is 86.9 Å². The monoisotopic (exact) mass is 131 g/mol. The van der Waals surface area contributed by atoms with Crippen molar-refractivity contribution in [2.75, 3.05) is 0 Å². The molecule has 0 radical (unpaired) electrons. The van der Waals surface area contributed by atoms with E-state index in [-0.39, 0.29) is 63.8 Å². The second-order valence-corrected chi connectivity index (χ2v) is 1.16. The summed E-state index contributed by atoms with van der Waals surface area (Å²) in [5.41, 5.74) is 5.14. The molecule has 0 aromatic carbocycles. The van der Waals surface area contributed by atoms with Crippen molar-refractivity contribution in [3.63, 3.8) is 0 Å². The van der Waals surface area contributed by atoms with Gasteiger partial charge in [-0.15, -0.1) is 12.4 Å². The van der Waals surface area contributed by atoms with Crippen molar-refractivity contribution in [3.8, 4) is 0 Å². The fraction of sp³-hybridized carbons (Fsp3) is 0.667. The first-order valence-corrected chi connectivity index (χ1v) is 1.50. The zero-order valence-electron chi connectivity index (χ0n) is 3.90. The maximum Gasteiger partial charge on any atom is 1.00 e. The maximum atomic E-state index is 5.14. The Morgan fingerprint density at radius 2 is 1.50 bits per heavy atom. The Hall–Kier alpha value is 1.89. The van der Waals surface area contributed by atoms with Crippen LogP contribution in [-0.2, 0) is 0 Å². The smallest absolute Gasteiger partial charge is 0.481 e. The van der Waals surface area contributed by atoms with Crippen LogP contribution in [0.2, 0.25) is 0 Å². The summed E-state index contributed by atoms with van der Waals surface area (Å²) < 4.78 is 0. The summed E-state index contributed by atoms with van der Waals surface area (Å²) in [6.07, 6.45) is 2.36. The van der Waals surface area contributed by atoms with Gasteiger partial charge in [0.1, 0.15) is 0 Å². The van der Waals surface area contributed by atoms with Crippen LogP contribution in [0.3, 0.4) is 0 Å². The van der Waals surface area contributed by atoms with E-state index < -0.39 is 0 Å². The molecule has 1 aliphatic rings. The molecule has 0 bridgehead atoms. The Balaban J connectivity index is 0. The first kappa shape index (κ1) is 10.8. The molecular weight excluding hydrogens is 125 g/mol. The molecule has 0 heterocycles. The molecule has 1 rings (SSSR count). The Morgan fingerprint density at radius 3 is 1.50 bits per heavy atom. The van der Waals surface area contributed by atoms with E-state index >= 15 is 0 Å². The Morgan fingerprint density at radius 1 is 1.33 bits per heavy atom. The fourth-order valence-electron chi connectivity index (χ4n) is 0.0722. The molecule has 1 fully saturated rings. The predicted octanol–water partition coefficient (Wildman–Crippen LogP) is -2.30. The molecule has 0 unspecified atom stereocenters. The molecule has 1 nitrogen and oxygen atoms in total. The maximum absolute atomic E-state index is 5.14. The van der Waals surface area contributed by atoms with Gasteiger partial charge >= 0.3 is 51.4 Å². The largest absolute Gasteiger partial charge is 1.00 e. The molecule has 2 N–H and O–H groups in total. The van der Waals surface area contributed by atoms with E-state index in [0.717, 1.165) is 0 Å². The van der Waals surface area contributed by atoms with Crippen LogP contribution in [0, 0.1) is 6.04 Å². The van der Waals surface area contributed by atoms with Crippen molar-refractivity contribution in [2.45, 2.75) is 12.8 Å². The van der Waals surface area contributed by atoms with E-state index in [2.05, 4.69) is 0 Å². The molecule has 0 amide bonds. The van der Waals surface area contributed by atoms with Crippen LogP contribution in [0.15, 0.2) is 0 Å². The van der Waals surface area contributed by atoms with Crippen LogP contribution in [0.25, 0.3) is 0 Å². The van der Waals surface area contributed by atoms with Gasteiger partial charge in [0, 0.05) is 0 Å². The van der Waals surface area contributed by atoms with E-state index in [1.165, 1.54) is 18.9 Å². The number of hydrogen-bond donors (Lipinski definition) is 1. The van der Waals surface area contributed by atoms with Gasteiger partial charge in [-0.05, 0) is 0 Å². The molecular formula is C3H7ClKN. The normalized spacial score (nSPS) is 17.5. The Kier molecular flexibility index (Phi) is 9.05. The molecule has 0 aromatic rings. The summed E-state index contributed by atoms with van der Waals surface area (Å²) in [6, 6.07) is 1.17. The molecule has 1 saturated carbocycles. The minimum atomic E-state index is 0. The quantitative estimate of drug-likeness (QED) is 0.291. The van der Waals surface area contributed by atoms with Gasteiger partial charge in [-0.25, -0.2) is 0 Å². The number of rotatable bonds is 0. The van der Waals surface area contributed by atoms with Gasteiger partial charge in [-0.2, -0.15) is 12.8 Å². The molecule has 6 heavy (non-hydrogen) atoms.